The lowest BCUT2D eigenvalue weighted by atomic mass is 10.2. The summed E-state index contributed by atoms with van der Waals surface area (Å²) in [4.78, 5) is 0.429. The average Bonchev–Trinajstić information content (AvgIpc) is 2.45. The Bertz CT molecular complexity index is 753. The van der Waals surface area contributed by atoms with E-state index >= 15 is 0 Å². The van der Waals surface area contributed by atoms with Gasteiger partial charge < -0.3 is 5.21 Å². The monoisotopic (exact) mass is 306 g/mol. The first-order chi connectivity index (χ1) is 9.86. The molecule has 0 saturated heterocycles. The highest BCUT2D eigenvalue weighted by atomic mass is 32.2. The van der Waals surface area contributed by atoms with Gasteiger partial charge in [-0.3, -0.25) is 0 Å². The molecule has 3 N–H and O–H groups in total. The summed E-state index contributed by atoms with van der Waals surface area (Å²) < 4.78 is 22.2. The minimum atomic E-state index is -3.73. The van der Waals surface area contributed by atoms with Gasteiger partial charge in [0, 0.05) is 0 Å². The van der Waals surface area contributed by atoms with Crippen molar-refractivity contribution in [2.24, 2.45) is 10.4 Å². The van der Waals surface area contributed by atoms with E-state index < -0.39 is 10.0 Å². The molecule has 0 heterocycles. The predicted octanol–water partition coefficient (Wildman–Crippen LogP) is 2.26. The van der Waals surface area contributed by atoms with Crippen LogP contribution in [-0.4, -0.2) is 13.3 Å². The normalized spacial score (nSPS) is 12.2. The number of benzene rings is 2. The molecule has 0 aliphatic rings. The molecule has 0 amide bonds. The largest absolute Gasteiger partial charge is 0.691 e. The molecule has 0 atom stereocenters. The molecule has 2 aromatic rings. The third-order valence-electron chi connectivity index (χ3n) is 2.71. The molecule has 0 aromatic heterocycles. The quantitative estimate of drug-likeness (QED) is 0.512. The van der Waals surface area contributed by atoms with E-state index in [-0.39, 0.29) is 4.90 Å². The highest BCUT2D eigenvalue weighted by molar-refractivity contribution is 7.89. The van der Waals surface area contributed by atoms with Crippen LogP contribution in [0.3, 0.4) is 0 Å². The van der Waals surface area contributed by atoms with Gasteiger partial charge in [-0.25, -0.2) is 13.6 Å². The fraction of sp³-hybridized carbons (Fsp3) is 0.0769. The van der Waals surface area contributed by atoms with Crippen LogP contribution < -0.4 is 10.6 Å². The molecule has 0 aliphatic carbocycles. The molecule has 0 spiro atoms. The van der Waals surface area contributed by atoms with Gasteiger partial charge in [-0.05, 0) is 43.3 Å². The van der Waals surface area contributed by atoms with Gasteiger partial charge in [0.15, 0.2) is 5.69 Å². The van der Waals surface area contributed by atoms with Crippen molar-refractivity contribution in [2.45, 2.75) is 11.8 Å². The summed E-state index contributed by atoms with van der Waals surface area (Å²) in [5.74, 6) is 0. The maximum atomic E-state index is 11.7. The van der Waals surface area contributed by atoms with Crippen molar-refractivity contribution in [3.63, 3.8) is 0 Å². The molecule has 0 unspecified atom stereocenters. The van der Waals surface area contributed by atoms with Crippen molar-refractivity contribution >= 4 is 21.4 Å². The number of rotatable bonds is 4. The van der Waals surface area contributed by atoms with Gasteiger partial charge in [0.2, 0.25) is 10.0 Å². The lowest BCUT2D eigenvalue weighted by Gasteiger charge is -2.05. The van der Waals surface area contributed by atoms with Gasteiger partial charge in [0.05, 0.1) is 10.1 Å². The standard InChI is InChI=1S/C13H14N4O3S/c1-10-2-6-12(7-3-10)17(18)16-15-11-4-8-13(9-5-11)21(14,19)20/h2-9,15H,1H3,(H2,14,19,20)/b17-16-. The number of nitrogens with zero attached hydrogens (tertiary/aromatic N) is 2. The predicted molar refractivity (Wildman–Crippen MR) is 78.3 cm³/mol. The SMILES string of the molecule is Cc1ccc(/[N+]([O-])=N/Nc2ccc(S(N)(=O)=O)cc2)cc1. The fourth-order valence-corrected chi connectivity index (χ4v) is 2.07. The molecule has 21 heavy (non-hydrogen) atoms. The van der Waals surface area contributed by atoms with Crippen LogP contribution in [0, 0.1) is 12.1 Å². The smallest absolute Gasteiger partial charge is 0.238 e. The van der Waals surface area contributed by atoms with Crippen LogP contribution in [-0.2, 0) is 10.0 Å². The van der Waals surface area contributed by atoms with E-state index in [0.29, 0.717) is 16.2 Å². The zero-order valence-electron chi connectivity index (χ0n) is 11.2. The minimum Gasteiger partial charge on any atom is -0.691 e. The van der Waals surface area contributed by atoms with Gasteiger partial charge in [0.25, 0.3) is 0 Å². The number of aryl methyl sites for hydroxylation is 1. The molecule has 0 saturated carbocycles. The van der Waals surface area contributed by atoms with Crippen molar-refractivity contribution in [1.29, 1.82) is 0 Å². The second-order valence-electron chi connectivity index (χ2n) is 4.39. The number of anilines is 1. The number of nitrogens with two attached hydrogens (primary N) is 1. The highest BCUT2D eigenvalue weighted by Crippen LogP contribution is 2.15. The first-order valence-corrected chi connectivity index (χ1v) is 7.54. The van der Waals surface area contributed by atoms with E-state index in [2.05, 4.69) is 10.6 Å². The van der Waals surface area contributed by atoms with Gasteiger partial charge in [-0.2, -0.15) is 0 Å². The Morgan fingerprint density at radius 3 is 2.19 bits per heavy atom. The van der Waals surface area contributed by atoms with E-state index in [9.17, 15) is 13.6 Å². The van der Waals surface area contributed by atoms with Crippen molar-refractivity contribution in [3.05, 3.63) is 59.3 Å². The van der Waals surface area contributed by atoms with E-state index in [4.69, 9.17) is 5.14 Å². The number of hydrogen-bond donors (Lipinski definition) is 2. The Labute approximate surface area is 122 Å². The molecule has 0 bridgehead atoms. The molecule has 0 fully saturated rings. The molecule has 8 heteroatoms. The Hall–Kier alpha value is -2.45. The highest BCUT2D eigenvalue weighted by Gasteiger charge is 2.07. The number of primary sulfonamides is 1. The third kappa shape index (κ3) is 4.01. The van der Waals surface area contributed by atoms with Gasteiger partial charge >= 0.3 is 0 Å². The number of sulfonamides is 1. The fourth-order valence-electron chi connectivity index (χ4n) is 1.55. The maximum Gasteiger partial charge on any atom is 0.238 e. The summed E-state index contributed by atoms with van der Waals surface area (Å²) in [5, 5.41) is 20.3. The lowest BCUT2D eigenvalue weighted by Crippen LogP contribution is -2.11. The van der Waals surface area contributed by atoms with Crippen molar-refractivity contribution in [2.75, 3.05) is 5.43 Å². The van der Waals surface area contributed by atoms with Gasteiger partial charge in [-0.1, -0.05) is 17.7 Å². The van der Waals surface area contributed by atoms with Crippen LogP contribution in [0.5, 0.6) is 0 Å². The van der Waals surface area contributed by atoms with Crippen LogP contribution in [0.25, 0.3) is 0 Å². The first kappa shape index (κ1) is 14.9. The summed E-state index contributed by atoms with van der Waals surface area (Å²) >= 11 is 0. The molecular formula is C13H14N4O3S. The molecule has 0 radical (unpaired) electrons. The average molecular weight is 306 g/mol. The summed E-state index contributed by atoms with van der Waals surface area (Å²) in [5.41, 5.74) is 4.43. The summed E-state index contributed by atoms with van der Waals surface area (Å²) in [6, 6.07) is 12.5. The van der Waals surface area contributed by atoms with Gasteiger partial charge in [0.1, 0.15) is 5.69 Å². The molecule has 2 rings (SSSR count). The summed E-state index contributed by atoms with van der Waals surface area (Å²) in [6.45, 7) is 1.92. The van der Waals surface area contributed by atoms with E-state index in [1.165, 1.54) is 24.3 Å². The second-order valence-corrected chi connectivity index (χ2v) is 5.95. The Kier molecular flexibility index (Phi) is 4.20. The zero-order valence-corrected chi connectivity index (χ0v) is 12.0. The van der Waals surface area contributed by atoms with Crippen LogP contribution in [0.1, 0.15) is 5.56 Å². The van der Waals surface area contributed by atoms with E-state index in [0.717, 1.165) is 5.56 Å². The number of hydrogen-bond acceptors (Lipinski definition) is 4. The van der Waals surface area contributed by atoms with Crippen molar-refractivity contribution in [3.8, 4) is 0 Å². The van der Waals surface area contributed by atoms with Crippen LogP contribution in [0.2, 0.25) is 0 Å². The van der Waals surface area contributed by atoms with Crippen molar-refractivity contribution in [1.82, 2.24) is 0 Å². The van der Waals surface area contributed by atoms with Crippen LogP contribution in [0.4, 0.5) is 11.4 Å². The van der Waals surface area contributed by atoms with Crippen LogP contribution in [0.15, 0.2) is 58.6 Å². The third-order valence-corrected chi connectivity index (χ3v) is 3.64. The molecule has 0 aliphatic heterocycles. The Morgan fingerprint density at radius 2 is 1.67 bits per heavy atom. The summed E-state index contributed by atoms with van der Waals surface area (Å²) in [6.07, 6.45) is 0. The summed E-state index contributed by atoms with van der Waals surface area (Å²) in [7, 11) is -3.73. The Balaban J connectivity index is 2.11. The first-order valence-electron chi connectivity index (χ1n) is 6.00. The lowest BCUT2D eigenvalue weighted by molar-refractivity contribution is -0.439. The maximum absolute atomic E-state index is 11.7. The second kappa shape index (κ2) is 5.90. The molecule has 2 aromatic carbocycles. The number of nitrogens with one attached hydrogen (secondary N) is 1. The topological polar surface area (TPSA) is 111 Å². The molecule has 110 valence electrons. The van der Waals surface area contributed by atoms with Crippen LogP contribution >= 0.6 is 0 Å². The van der Waals surface area contributed by atoms with E-state index in [1.54, 1.807) is 24.3 Å². The van der Waals surface area contributed by atoms with Crippen molar-refractivity contribution < 1.29 is 13.3 Å². The molecule has 7 nitrogen and oxygen atoms in total. The van der Waals surface area contributed by atoms with E-state index in [1.807, 2.05) is 6.92 Å². The van der Waals surface area contributed by atoms with Gasteiger partial charge in [-0.15, -0.1) is 10.3 Å². The zero-order chi connectivity index (χ0) is 15.5. The molecular weight excluding hydrogens is 292 g/mol. The Morgan fingerprint density at radius 1 is 1.10 bits per heavy atom. The minimum absolute atomic E-state index is 0.00874.